The summed E-state index contributed by atoms with van der Waals surface area (Å²) in [6, 6.07) is 10.2. The van der Waals surface area contributed by atoms with Crippen LogP contribution in [-0.2, 0) is 20.2 Å². The van der Waals surface area contributed by atoms with E-state index in [-0.39, 0.29) is 5.69 Å². The van der Waals surface area contributed by atoms with Crippen LogP contribution >= 0.6 is 0 Å². The molecule has 4 aromatic rings. The minimum absolute atomic E-state index is 0.281. The zero-order valence-electron chi connectivity index (χ0n) is 22.1. The number of tetrazole rings is 1. The molecule has 230 valence electrons. The fourth-order valence-corrected chi connectivity index (χ4v) is 5.13. The van der Waals surface area contributed by atoms with E-state index in [2.05, 4.69) is 15.5 Å². The lowest BCUT2D eigenvalue weighted by molar-refractivity contribution is -0.735. The van der Waals surface area contributed by atoms with Crippen molar-refractivity contribution < 1.29 is 54.9 Å². The summed E-state index contributed by atoms with van der Waals surface area (Å²) in [5, 5.41) is 33.6. The summed E-state index contributed by atoms with van der Waals surface area (Å²) in [6.07, 6.45) is 0. The zero-order valence-corrected chi connectivity index (χ0v) is 23.7. The van der Waals surface area contributed by atoms with E-state index in [1.54, 1.807) is 18.2 Å². The van der Waals surface area contributed by atoms with Crippen molar-refractivity contribution in [3.8, 4) is 22.9 Å². The summed E-state index contributed by atoms with van der Waals surface area (Å²) < 4.78 is 78.1. The number of hydrogen-bond acceptors (Lipinski definition) is 13. The van der Waals surface area contributed by atoms with Crippen molar-refractivity contribution in [1.29, 1.82) is 0 Å². The van der Waals surface area contributed by atoms with E-state index >= 15 is 0 Å². The molecule has 0 atom stereocenters. The lowest BCUT2D eigenvalue weighted by Crippen LogP contribution is -2.44. The van der Waals surface area contributed by atoms with Crippen LogP contribution < -0.4 is 19.6 Å². The van der Waals surface area contributed by atoms with Crippen LogP contribution in [0.15, 0.2) is 64.4 Å². The molecule has 1 aromatic heterocycles. The summed E-state index contributed by atoms with van der Waals surface area (Å²) in [5.74, 6) is -2.59. The van der Waals surface area contributed by atoms with Crippen molar-refractivity contribution in [1.82, 2.24) is 15.0 Å². The number of aromatic nitrogens is 4. The molecular formula is C22H18N7O13S2+. The Labute approximate surface area is 245 Å². The Balaban J connectivity index is 2.11. The normalized spacial score (nSPS) is 11.5. The molecule has 44 heavy (non-hydrogen) atoms. The quantitative estimate of drug-likeness (QED) is 0.0936. The van der Waals surface area contributed by atoms with Gasteiger partial charge in [-0.15, -0.1) is 0 Å². The lowest BCUT2D eigenvalue weighted by atomic mass is 10.2. The average Bonchev–Trinajstić information content (AvgIpc) is 3.40. The van der Waals surface area contributed by atoms with Crippen molar-refractivity contribution in [2.24, 2.45) is 0 Å². The third-order valence-corrected chi connectivity index (χ3v) is 7.46. The second-order valence-corrected chi connectivity index (χ2v) is 11.2. The van der Waals surface area contributed by atoms with Gasteiger partial charge in [0.2, 0.25) is 5.69 Å². The Bertz CT molecular complexity index is 1930. The van der Waals surface area contributed by atoms with Gasteiger partial charge in [0.25, 0.3) is 11.4 Å². The third kappa shape index (κ3) is 6.12. The van der Waals surface area contributed by atoms with Crippen LogP contribution in [0.3, 0.4) is 0 Å². The van der Waals surface area contributed by atoms with Gasteiger partial charge < -0.3 is 14.8 Å². The van der Waals surface area contributed by atoms with Gasteiger partial charge in [0.15, 0.2) is 27.0 Å². The molecule has 22 heteroatoms. The minimum atomic E-state index is -5.28. The highest BCUT2D eigenvalue weighted by Gasteiger charge is 2.37. The molecule has 0 aliphatic carbocycles. The number of nitrogens with one attached hydrogen (secondary N) is 1. The molecule has 4 rings (SSSR count). The SMILES string of the molecule is COc1cc([N+](=O)[O-])c(S(=O)(=O)O)cc1-n1nc(C(=O)Nc2ccccc2)n[n+]1-c1cc(S(=O)(=O)O)c([N+](=O)[O-])cc1OC. The predicted molar refractivity (Wildman–Crippen MR) is 143 cm³/mol. The number of methoxy groups -OCH3 is 2. The van der Waals surface area contributed by atoms with Crippen LogP contribution in [0.2, 0.25) is 0 Å². The number of ether oxygens (including phenoxy) is 2. The first kappa shape index (κ1) is 31.4. The van der Waals surface area contributed by atoms with E-state index in [1.807, 2.05) is 0 Å². The standard InChI is InChI=1S/C22H17N7O13S2/c1-41-17-8-15(28(31)32)19(43(35,36)37)10-13(17)26-24-21(22(30)23-12-6-4-3-5-7-12)25-27(26)14-11-20(44(38,39)40)16(29(33)34)9-18(14)42-2/h3-11H,1-2H3,(H2-,23,30,35,36,37,38,39,40)/p+1. The molecule has 0 fully saturated rings. The zero-order chi connectivity index (χ0) is 32.6. The summed E-state index contributed by atoms with van der Waals surface area (Å²) >= 11 is 0. The molecular weight excluding hydrogens is 634 g/mol. The number of amides is 1. The Morgan fingerprint density at radius 3 is 1.91 bits per heavy atom. The number of para-hydroxylation sites is 1. The number of nitro benzene ring substituents is 2. The number of anilines is 1. The number of hydrogen-bond donors (Lipinski definition) is 3. The highest BCUT2D eigenvalue weighted by atomic mass is 32.2. The Hall–Kier alpha value is -5.58. The highest BCUT2D eigenvalue weighted by molar-refractivity contribution is 7.86. The van der Waals surface area contributed by atoms with Gasteiger partial charge in [-0.1, -0.05) is 18.2 Å². The number of nitro groups is 2. The number of benzene rings is 3. The number of carbonyl (C=O) groups is 1. The van der Waals surface area contributed by atoms with Crippen LogP contribution in [0, 0.1) is 20.2 Å². The molecule has 3 N–H and O–H groups in total. The van der Waals surface area contributed by atoms with Gasteiger partial charge in [-0.05, 0) is 16.9 Å². The van der Waals surface area contributed by atoms with Crippen molar-refractivity contribution in [3.63, 3.8) is 0 Å². The van der Waals surface area contributed by atoms with Gasteiger partial charge in [0.05, 0.1) is 41.3 Å². The fourth-order valence-electron chi connectivity index (χ4n) is 3.81. The third-order valence-electron chi connectivity index (χ3n) is 5.69. The van der Waals surface area contributed by atoms with Crippen LogP contribution in [0.4, 0.5) is 17.1 Å². The van der Waals surface area contributed by atoms with Gasteiger partial charge in [-0.25, -0.2) is 0 Å². The van der Waals surface area contributed by atoms with Crippen LogP contribution in [0.25, 0.3) is 11.4 Å². The Kier molecular flexibility index (Phi) is 8.27. The molecule has 1 amide bonds. The maximum absolute atomic E-state index is 13.1. The molecule has 0 saturated heterocycles. The van der Waals surface area contributed by atoms with Gasteiger partial charge in [-0.3, -0.25) is 34.1 Å². The molecule has 0 unspecified atom stereocenters. The summed E-state index contributed by atoms with van der Waals surface area (Å²) in [6.45, 7) is 0. The van der Waals surface area contributed by atoms with Gasteiger partial charge in [0.1, 0.15) is 0 Å². The Morgan fingerprint density at radius 2 is 1.41 bits per heavy atom. The molecule has 1 heterocycles. The summed E-state index contributed by atoms with van der Waals surface area (Å²) in [7, 11) is -8.49. The van der Waals surface area contributed by atoms with Gasteiger partial charge in [0, 0.05) is 27.7 Å². The fraction of sp³-hybridized carbons (Fsp3) is 0.0909. The van der Waals surface area contributed by atoms with E-state index in [9.17, 15) is 51.0 Å². The molecule has 0 aliphatic rings. The average molecular weight is 653 g/mol. The van der Waals surface area contributed by atoms with Gasteiger partial charge >= 0.3 is 32.0 Å². The maximum atomic E-state index is 13.1. The summed E-state index contributed by atoms with van der Waals surface area (Å²) in [5.41, 5.74) is -2.98. The molecule has 0 spiro atoms. The second kappa shape index (κ2) is 11.6. The lowest BCUT2D eigenvalue weighted by Gasteiger charge is -2.10. The van der Waals surface area contributed by atoms with E-state index in [4.69, 9.17) is 9.47 Å². The van der Waals surface area contributed by atoms with Crippen molar-refractivity contribution >= 4 is 43.2 Å². The van der Waals surface area contributed by atoms with E-state index in [0.717, 1.165) is 14.2 Å². The number of nitrogens with zero attached hydrogens (tertiary/aromatic N) is 6. The molecule has 0 saturated carbocycles. The van der Waals surface area contributed by atoms with E-state index in [1.165, 1.54) is 12.1 Å². The second-order valence-electron chi connectivity index (χ2n) is 8.37. The summed E-state index contributed by atoms with van der Waals surface area (Å²) in [4.78, 5) is 32.8. The van der Waals surface area contributed by atoms with Crippen molar-refractivity contribution in [2.75, 3.05) is 19.5 Å². The van der Waals surface area contributed by atoms with Crippen molar-refractivity contribution in [2.45, 2.75) is 9.79 Å². The number of rotatable bonds is 10. The minimum Gasteiger partial charge on any atom is -0.494 e. The van der Waals surface area contributed by atoms with Gasteiger partial charge in [-0.2, -0.15) is 16.8 Å². The molecule has 3 aromatic carbocycles. The first-order valence-electron chi connectivity index (χ1n) is 11.5. The largest absolute Gasteiger partial charge is 0.494 e. The molecule has 0 bridgehead atoms. The monoisotopic (exact) mass is 652 g/mol. The highest BCUT2D eigenvalue weighted by Crippen LogP contribution is 2.35. The predicted octanol–water partition coefficient (Wildman–Crippen LogP) is 1.12. The first-order valence-corrected chi connectivity index (χ1v) is 14.4. The smallest absolute Gasteiger partial charge is 0.397 e. The van der Waals surface area contributed by atoms with Crippen LogP contribution in [0.1, 0.15) is 10.6 Å². The molecule has 20 nitrogen and oxygen atoms in total. The van der Waals surface area contributed by atoms with Crippen molar-refractivity contribution in [3.05, 3.63) is 80.7 Å². The Morgan fingerprint density at radius 1 is 0.886 bits per heavy atom. The van der Waals surface area contributed by atoms with Crippen LogP contribution in [0.5, 0.6) is 11.5 Å². The van der Waals surface area contributed by atoms with Crippen LogP contribution in [-0.4, -0.2) is 70.9 Å². The first-order chi connectivity index (χ1) is 20.6. The number of carbonyl (C=O) groups excluding carboxylic acids is 1. The molecule has 0 radical (unpaired) electrons. The topological polar surface area (TPSA) is 277 Å². The van der Waals surface area contributed by atoms with E-state index in [0.29, 0.717) is 33.9 Å². The molecule has 0 aliphatic heterocycles. The van der Waals surface area contributed by atoms with E-state index < -0.39 is 85.9 Å². The maximum Gasteiger partial charge on any atom is 0.397 e.